The number of ether oxygens (including phenoxy) is 1. The van der Waals surface area contributed by atoms with E-state index in [9.17, 15) is 9.90 Å². The molecule has 0 amide bonds. The van der Waals surface area contributed by atoms with Gasteiger partial charge in [-0.15, -0.1) is 0 Å². The molecule has 0 bridgehead atoms. The number of morpholine rings is 1. The maximum absolute atomic E-state index is 10.9. The predicted octanol–water partition coefficient (Wildman–Crippen LogP) is 2.77. The zero-order valence-electron chi connectivity index (χ0n) is 14.5. The van der Waals surface area contributed by atoms with Crippen molar-refractivity contribution in [2.75, 3.05) is 27.2 Å². The van der Waals surface area contributed by atoms with Crippen molar-refractivity contribution in [3.63, 3.8) is 0 Å². The minimum absolute atomic E-state index is 0.0407. The largest absolute Gasteiger partial charge is 0.481 e. The van der Waals surface area contributed by atoms with Crippen LogP contribution in [0.4, 0.5) is 0 Å². The third-order valence-electron chi connectivity index (χ3n) is 4.33. The first-order chi connectivity index (χ1) is 10.3. The summed E-state index contributed by atoms with van der Waals surface area (Å²) in [7, 11) is 4.04. The number of carbonyl (C=O) groups is 1. The van der Waals surface area contributed by atoms with E-state index >= 15 is 0 Å². The third kappa shape index (κ3) is 7.56. The number of likely N-dealkylation sites (N-methyl/N-ethyl adjacent to an activating group) is 1. The number of carboxylic acid groups (broad SMARTS) is 1. The Balaban J connectivity index is 2.37. The molecule has 0 spiro atoms. The summed E-state index contributed by atoms with van der Waals surface area (Å²) in [5.41, 5.74) is 0. The molecule has 1 heterocycles. The molecule has 1 aliphatic heterocycles. The molecule has 0 unspecified atom stereocenters. The van der Waals surface area contributed by atoms with Crippen LogP contribution in [0.1, 0.15) is 64.7 Å². The van der Waals surface area contributed by atoms with E-state index < -0.39 is 17.9 Å². The molecule has 1 saturated heterocycles. The van der Waals surface area contributed by atoms with Crippen LogP contribution in [0.2, 0.25) is 0 Å². The van der Waals surface area contributed by atoms with Crippen molar-refractivity contribution in [3.05, 3.63) is 0 Å². The summed E-state index contributed by atoms with van der Waals surface area (Å²) in [5, 5.41) is 19.7. The Morgan fingerprint density at radius 1 is 1.18 bits per heavy atom. The SMILES string of the molecule is CCCCCCCCC[C@]1(O)C[N+](C)(C)C[C@@H](CC(=O)O)O1. The van der Waals surface area contributed by atoms with Gasteiger partial charge in [0.1, 0.15) is 19.2 Å². The maximum atomic E-state index is 10.9. The monoisotopic (exact) mass is 316 g/mol. The number of hydrogen-bond acceptors (Lipinski definition) is 3. The van der Waals surface area contributed by atoms with Gasteiger partial charge in [0.25, 0.3) is 0 Å². The highest BCUT2D eigenvalue weighted by Crippen LogP contribution is 2.29. The summed E-state index contributed by atoms with van der Waals surface area (Å²) >= 11 is 0. The fourth-order valence-electron chi connectivity index (χ4n) is 3.47. The first-order valence-corrected chi connectivity index (χ1v) is 8.70. The highest BCUT2D eigenvalue weighted by molar-refractivity contribution is 5.67. The van der Waals surface area contributed by atoms with Gasteiger partial charge in [-0.1, -0.05) is 45.4 Å². The summed E-state index contributed by atoms with van der Waals surface area (Å²) in [4.78, 5) is 10.9. The van der Waals surface area contributed by atoms with Crippen LogP contribution >= 0.6 is 0 Å². The standard InChI is InChI=1S/C17H33NO4/c1-4-5-6-7-8-9-10-11-17(21)14-18(2,3)13-15(22-17)12-16(19)20/h15,21H,4-14H2,1-3H3/p+1/t15-,17-/m1/s1. The Hall–Kier alpha value is -0.650. The summed E-state index contributed by atoms with van der Waals surface area (Å²) in [6.45, 7) is 3.37. The molecule has 5 nitrogen and oxygen atoms in total. The van der Waals surface area contributed by atoms with E-state index in [1.54, 1.807) is 0 Å². The van der Waals surface area contributed by atoms with Gasteiger partial charge in [0.05, 0.1) is 20.5 Å². The highest BCUT2D eigenvalue weighted by atomic mass is 16.6. The lowest BCUT2D eigenvalue weighted by Crippen LogP contribution is -2.62. The fourth-order valence-corrected chi connectivity index (χ4v) is 3.47. The number of quaternary nitrogens is 1. The summed E-state index contributed by atoms with van der Waals surface area (Å²) in [5.74, 6) is -2.05. The third-order valence-corrected chi connectivity index (χ3v) is 4.33. The number of aliphatic carboxylic acids is 1. The van der Waals surface area contributed by atoms with Crippen molar-refractivity contribution in [1.29, 1.82) is 0 Å². The molecule has 5 heteroatoms. The Bertz CT molecular complexity index is 346. The summed E-state index contributed by atoms with van der Waals surface area (Å²) in [6, 6.07) is 0. The van der Waals surface area contributed by atoms with Crippen LogP contribution in [0.5, 0.6) is 0 Å². The topological polar surface area (TPSA) is 66.8 Å². The first kappa shape index (κ1) is 19.4. The van der Waals surface area contributed by atoms with Gasteiger partial charge < -0.3 is 19.4 Å². The van der Waals surface area contributed by atoms with Crippen LogP contribution in [0.25, 0.3) is 0 Å². The van der Waals surface area contributed by atoms with Gasteiger partial charge in [0, 0.05) is 6.42 Å². The molecule has 2 atom stereocenters. The molecule has 2 N–H and O–H groups in total. The van der Waals surface area contributed by atoms with Gasteiger partial charge in [-0.3, -0.25) is 4.79 Å². The zero-order valence-corrected chi connectivity index (χ0v) is 14.5. The second-order valence-electron chi connectivity index (χ2n) is 7.43. The molecular formula is C17H34NO4+. The van der Waals surface area contributed by atoms with Crippen LogP contribution in [0.15, 0.2) is 0 Å². The van der Waals surface area contributed by atoms with E-state index in [0.29, 0.717) is 24.0 Å². The molecule has 0 aromatic rings. The lowest BCUT2D eigenvalue weighted by Gasteiger charge is -2.46. The second kappa shape index (κ2) is 8.85. The van der Waals surface area contributed by atoms with Crippen molar-refractivity contribution in [1.82, 2.24) is 0 Å². The number of aliphatic hydroxyl groups is 1. The Labute approximate surface area is 134 Å². The van der Waals surface area contributed by atoms with E-state index in [1.807, 2.05) is 14.1 Å². The van der Waals surface area contributed by atoms with Gasteiger partial charge in [0.2, 0.25) is 5.79 Å². The van der Waals surface area contributed by atoms with E-state index in [2.05, 4.69) is 6.92 Å². The summed E-state index contributed by atoms with van der Waals surface area (Å²) < 4.78 is 6.33. The molecule has 0 saturated carbocycles. The average Bonchev–Trinajstić information content (AvgIpc) is 2.34. The first-order valence-electron chi connectivity index (χ1n) is 8.70. The Morgan fingerprint density at radius 2 is 1.77 bits per heavy atom. The zero-order chi connectivity index (χ0) is 16.6. The fraction of sp³-hybridized carbons (Fsp3) is 0.941. The number of unbranched alkanes of at least 4 members (excludes halogenated alkanes) is 6. The van der Waals surface area contributed by atoms with E-state index in [-0.39, 0.29) is 6.42 Å². The van der Waals surface area contributed by atoms with Gasteiger partial charge in [-0.25, -0.2) is 0 Å². The predicted molar refractivity (Wildman–Crippen MR) is 86.5 cm³/mol. The maximum Gasteiger partial charge on any atom is 0.306 e. The molecule has 0 radical (unpaired) electrons. The second-order valence-corrected chi connectivity index (χ2v) is 7.43. The molecule has 1 rings (SSSR count). The smallest absolute Gasteiger partial charge is 0.306 e. The van der Waals surface area contributed by atoms with Gasteiger partial charge in [0.15, 0.2) is 0 Å². The quantitative estimate of drug-likeness (QED) is 0.480. The Morgan fingerprint density at radius 3 is 2.36 bits per heavy atom. The number of hydrogen-bond donors (Lipinski definition) is 2. The van der Waals surface area contributed by atoms with E-state index in [0.717, 1.165) is 12.8 Å². The van der Waals surface area contributed by atoms with E-state index in [1.165, 1.54) is 32.1 Å². The molecule has 0 aliphatic carbocycles. The van der Waals surface area contributed by atoms with Crippen molar-refractivity contribution >= 4 is 5.97 Å². The minimum atomic E-state index is -1.18. The van der Waals surface area contributed by atoms with Crippen molar-refractivity contribution in [3.8, 4) is 0 Å². The molecule has 0 aromatic heterocycles. The van der Waals surface area contributed by atoms with Gasteiger partial charge in [-0.2, -0.15) is 0 Å². The molecule has 22 heavy (non-hydrogen) atoms. The lowest BCUT2D eigenvalue weighted by molar-refractivity contribution is -0.915. The molecule has 1 fully saturated rings. The molecule has 1 aliphatic rings. The van der Waals surface area contributed by atoms with Crippen LogP contribution in [0.3, 0.4) is 0 Å². The molecule has 130 valence electrons. The van der Waals surface area contributed by atoms with Crippen molar-refractivity contribution in [2.45, 2.75) is 76.6 Å². The molecular weight excluding hydrogens is 282 g/mol. The van der Waals surface area contributed by atoms with Crippen LogP contribution in [0, 0.1) is 0 Å². The van der Waals surface area contributed by atoms with Gasteiger partial charge in [-0.05, 0) is 6.42 Å². The van der Waals surface area contributed by atoms with Crippen LogP contribution in [-0.2, 0) is 9.53 Å². The van der Waals surface area contributed by atoms with Crippen molar-refractivity contribution in [2.24, 2.45) is 0 Å². The number of nitrogens with zero attached hydrogens (tertiary/aromatic N) is 1. The highest BCUT2D eigenvalue weighted by Gasteiger charge is 2.45. The average molecular weight is 316 g/mol. The molecule has 0 aromatic carbocycles. The summed E-state index contributed by atoms with van der Waals surface area (Å²) in [6.07, 6.45) is 8.50. The lowest BCUT2D eigenvalue weighted by atomic mass is 10.0. The number of rotatable bonds is 10. The van der Waals surface area contributed by atoms with Crippen molar-refractivity contribution < 1.29 is 24.2 Å². The minimum Gasteiger partial charge on any atom is -0.481 e. The normalized spacial score (nSPS) is 27.7. The van der Waals surface area contributed by atoms with E-state index in [4.69, 9.17) is 9.84 Å². The van der Waals surface area contributed by atoms with Crippen LogP contribution in [-0.4, -0.2) is 59.7 Å². The number of carboxylic acids is 1. The van der Waals surface area contributed by atoms with Gasteiger partial charge >= 0.3 is 5.97 Å². The van der Waals surface area contributed by atoms with Crippen LogP contribution < -0.4 is 0 Å². The Kier molecular flexibility index (Phi) is 7.80.